The molecule has 0 bridgehead atoms. The van der Waals surface area contributed by atoms with Crippen molar-refractivity contribution >= 4 is 27.5 Å². The Morgan fingerprint density at radius 2 is 1.76 bits per heavy atom. The number of fused-ring (bicyclic) bond motifs is 1. The van der Waals surface area contributed by atoms with Crippen LogP contribution < -0.4 is 0 Å². The molecular formula is C19H18FN3OS. The molecule has 0 spiro atoms. The number of halogens is 1. The van der Waals surface area contributed by atoms with E-state index in [0.29, 0.717) is 18.7 Å². The second-order valence-corrected chi connectivity index (χ2v) is 7.27. The Hall–Kier alpha value is -2.31. The number of carbonyl (C=O) groups excluding carboxylic acids is 1. The summed E-state index contributed by atoms with van der Waals surface area (Å²) in [7, 11) is 0. The first-order valence-electron chi connectivity index (χ1n) is 8.31. The Labute approximate surface area is 149 Å². The molecule has 1 aliphatic heterocycles. The van der Waals surface area contributed by atoms with E-state index in [2.05, 4.69) is 16.0 Å². The summed E-state index contributed by atoms with van der Waals surface area (Å²) in [6.07, 6.45) is 0. The Morgan fingerprint density at radius 3 is 2.48 bits per heavy atom. The summed E-state index contributed by atoms with van der Waals surface area (Å²) in [5.41, 5.74) is 1.59. The molecule has 2 aromatic carbocycles. The standard InChI is InChI=1S/C19H18FN3OS/c20-15-7-5-14(6-8-15)19(24)23-11-9-22(10-12-23)13-18-21-16-3-1-2-4-17(16)25-18/h1-8H,9-13H2. The van der Waals surface area contributed by atoms with Crippen LogP contribution in [0.5, 0.6) is 0 Å². The predicted molar refractivity (Wildman–Crippen MR) is 97.2 cm³/mol. The summed E-state index contributed by atoms with van der Waals surface area (Å²) in [4.78, 5) is 21.3. The van der Waals surface area contributed by atoms with Crippen molar-refractivity contribution in [3.8, 4) is 0 Å². The average molecular weight is 355 g/mol. The summed E-state index contributed by atoms with van der Waals surface area (Å²) < 4.78 is 14.2. The quantitative estimate of drug-likeness (QED) is 0.723. The average Bonchev–Trinajstić information content (AvgIpc) is 3.05. The highest BCUT2D eigenvalue weighted by atomic mass is 32.1. The highest BCUT2D eigenvalue weighted by Crippen LogP contribution is 2.23. The third-order valence-corrected chi connectivity index (χ3v) is 5.47. The first-order chi connectivity index (χ1) is 12.2. The van der Waals surface area contributed by atoms with Crippen molar-refractivity contribution in [3.63, 3.8) is 0 Å². The van der Waals surface area contributed by atoms with Crippen LogP contribution in [0.25, 0.3) is 10.2 Å². The van der Waals surface area contributed by atoms with Gasteiger partial charge >= 0.3 is 0 Å². The fraction of sp³-hybridized carbons (Fsp3) is 0.263. The van der Waals surface area contributed by atoms with Gasteiger partial charge in [0.15, 0.2) is 0 Å². The van der Waals surface area contributed by atoms with E-state index >= 15 is 0 Å². The minimum atomic E-state index is -0.322. The highest BCUT2D eigenvalue weighted by molar-refractivity contribution is 7.18. The van der Waals surface area contributed by atoms with Gasteiger partial charge < -0.3 is 4.90 Å². The van der Waals surface area contributed by atoms with E-state index in [0.717, 1.165) is 30.2 Å². The number of carbonyl (C=O) groups is 1. The minimum absolute atomic E-state index is 0.0281. The molecule has 6 heteroatoms. The van der Waals surface area contributed by atoms with Gasteiger partial charge in [-0.2, -0.15) is 0 Å². The number of aromatic nitrogens is 1. The summed E-state index contributed by atoms with van der Waals surface area (Å²) >= 11 is 1.73. The molecule has 25 heavy (non-hydrogen) atoms. The number of amides is 1. The van der Waals surface area contributed by atoms with Crippen LogP contribution in [0.3, 0.4) is 0 Å². The number of benzene rings is 2. The summed E-state index contributed by atoms with van der Waals surface area (Å²) in [5, 5.41) is 1.11. The molecule has 1 fully saturated rings. The minimum Gasteiger partial charge on any atom is -0.336 e. The van der Waals surface area contributed by atoms with E-state index in [4.69, 9.17) is 0 Å². The van der Waals surface area contributed by atoms with E-state index in [-0.39, 0.29) is 11.7 Å². The van der Waals surface area contributed by atoms with E-state index in [1.54, 1.807) is 23.5 Å². The molecule has 0 radical (unpaired) electrons. The van der Waals surface area contributed by atoms with Crippen LogP contribution in [-0.4, -0.2) is 46.9 Å². The van der Waals surface area contributed by atoms with Gasteiger partial charge in [-0.15, -0.1) is 11.3 Å². The molecular weight excluding hydrogens is 337 g/mol. The third kappa shape index (κ3) is 3.55. The van der Waals surface area contributed by atoms with Crippen LogP contribution in [0.1, 0.15) is 15.4 Å². The number of rotatable bonds is 3. The monoisotopic (exact) mass is 355 g/mol. The van der Waals surface area contributed by atoms with Crippen LogP contribution in [0.15, 0.2) is 48.5 Å². The molecule has 0 atom stereocenters. The van der Waals surface area contributed by atoms with Crippen LogP contribution in [0.2, 0.25) is 0 Å². The van der Waals surface area contributed by atoms with Gasteiger partial charge in [-0.1, -0.05) is 12.1 Å². The zero-order valence-electron chi connectivity index (χ0n) is 13.7. The van der Waals surface area contributed by atoms with Gasteiger partial charge in [-0.05, 0) is 36.4 Å². The maximum Gasteiger partial charge on any atom is 0.253 e. The maximum absolute atomic E-state index is 13.0. The molecule has 4 rings (SSSR count). The molecule has 1 aromatic heterocycles. The number of nitrogens with zero attached hydrogens (tertiary/aromatic N) is 3. The van der Waals surface area contributed by atoms with Gasteiger partial charge in [0.2, 0.25) is 0 Å². The number of piperazine rings is 1. The van der Waals surface area contributed by atoms with Crippen molar-refractivity contribution < 1.29 is 9.18 Å². The molecule has 1 saturated heterocycles. The SMILES string of the molecule is O=C(c1ccc(F)cc1)N1CCN(Cc2nc3ccccc3s2)CC1. The van der Waals surface area contributed by atoms with E-state index in [1.807, 2.05) is 23.1 Å². The zero-order valence-corrected chi connectivity index (χ0v) is 14.5. The highest BCUT2D eigenvalue weighted by Gasteiger charge is 2.22. The first kappa shape index (κ1) is 16.2. The van der Waals surface area contributed by atoms with Crippen molar-refractivity contribution in [3.05, 3.63) is 64.9 Å². The third-order valence-electron chi connectivity index (χ3n) is 4.45. The second-order valence-electron chi connectivity index (χ2n) is 6.15. The molecule has 4 nitrogen and oxygen atoms in total. The predicted octanol–water partition coefficient (Wildman–Crippen LogP) is 3.39. The van der Waals surface area contributed by atoms with Gasteiger partial charge in [0.05, 0.1) is 16.8 Å². The van der Waals surface area contributed by atoms with E-state index in [1.165, 1.54) is 16.8 Å². The molecule has 2 heterocycles. The van der Waals surface area contributed by atoms with Crippen molar-refractivity contribution in [2.45, 2.75) is 6.54 Å². The number of hydrogen-bond donors (Lipinski definition) is 0. The zero-order chi connectivity index (χ0) is 17.2. The summed E-state index contributed by atoms with van der Waals surface area (Å²) in [6, 6.07) is 13.9. The van der Waals surface area contributed by atoms with Gasteiger partial charge in [0, 0.05) is 31.7 Å². The molecule has 3 aromatic rings. The smallest absolute Gasteiger partial charge is 0.253 e. The van der Waals surface area contributed by atoms with Crippen LogP contribution in [0.4, 0.5) is 4.39 Å². The molecule has 0 aliphatic carbocycles. The number of para-hydroxylation sites is 1. The van der Waals surface area contributed by atoms with E-state index in [9.17, 15) is 9.18 Å². The first-order valence-corrected chi connectivity index (χ1v) is 9.12. The molecule has 0 unspecified atom stereocenters. The Kier molecular flexibility index (Phi) is 4.46. The fourth-order valence-electron chi connectivity index (χ4n) is 3.06. The normalized spacial score (nSPS) is 15.6. The molecule has 1 amide bonds. The number of hydrogen-bond acceptors (Lipinski definition) is 4. The Bertz CT molecular complexity index is 852. The van der Waals surface area contributed by atoms with Gasteiger partial charge in [-0.3, -0.25) is 9.69 Å². The largest absolute Gasteiger partial charge is 0.336 e. The van der Waals surface area contributed by atoms with Crippen molar-refractivity contribution in [2.24, 2.45) is 0 Å². The van der Waals surface area contributed by atoms with Crippen molar-refractivity contribution in [2.75, 3.05) is 26.2 Å². The van der Waals surface area contributed by atoms with Gasteiger partial charge in [-0.25, -0.2) is 9.37 Å². The molecule has 0 N–H and O–H groups in total. The maximum atomic E-state index is 13.0. The van der Waals surface area contributed by atoms with Crippen LogP contribution in [-0.2, 0) is 6.54 Å². The van der Waals surface area contributed by atoms with Crippen molar-refractivity contribution in [1.82, 2.24) is 14.8 Å². The fourth-order valence-corrected chi connectivity index (χ4v) is 4.07. The second kappa shape index (κ2) is 6.90. The van der Waals surface area contributed by atoms with Crippen molar-refractivity contribution in [1.29, 1.82) is 0 Å². The lowest BCUT2D eigenvalue weighted by Gasteiger charge is -2.34. The Morgan fingerprint density at radius 1 is 1.04 bits per heavy atom. The van der Waals surface area contributed by atoms with Gasteiger partial charge in [0.1, 0.15) is 10.8 Å². The summed E-state index contributed by atoms with van der Waals surface area (Å²) in [6.45, 7) is 3.83. The van der Waals surface area contributed by atoms with Crippen LogP contribution >= 0.6 is 11.3 Å². The molecule has 1 aliphatic rings. The van der Waals surface area contributed by atoms with Crippen LogP contribution in [0, 0.1) is 5.82 Å². The Balaban J connectivity index is 1.36. The lowest BCUT2D eigenvalue weighted by molar-refractivity contribution is 0.0628. The topological polar surface area (TPSA) is 36.4 Å². The summed E-state index contributed by atoms with van der Waals surface area (Å²) in [5.74, 6) is -0.350. The lowest BCUT2D eigenvalue weighted by atomic mass is 10.2. The van der Waals surface area contributed by atoms with E-state index < -0.39 is 0 Å². The molecule has 0 saturated carbocycles. The lowest BCUT2D eigenvalue weighted by Crippen LogP contribution is -2.48. The van der Waals surface area contributed by atoms with Gasteiger partial charge in [0.25, 0.3) is 5.91 Å². The number of thiazole rings is 1. The molecule has 128 valence electrons.